The van der Waals surface area contributed by atoms with Crippen LogP contribution in [-0.2, 0) is 14.3 Å². The Morgan fingerprint density at radius 2 is 1.94 bits per heavy atom. The van der Waals surface area contributed by atoms with Crippen LogP contribution < -0.4 is 9.64 Å². The fraction of sp³-hybridized carbons (Fsp3) is 0.346. The first-order valence-electron chi connectivity index (χ1n) is 11.6. The van der Waals surface area contributed by atoms with Gasteiger partial charge in [-0.1, -0.05) is 41.5 Å². The standard InChI is InChI=1S/C26H23ClN2O4S/c1-2-32-16-11-12-18-20(13-16)34-26(28-18)29-22(14-7-9-15(27)10-8-14)21-23(30)17-5-3-4-6-19(17)33-24(21)25(29)31/h7-13,17,19,22H,2-6H2,1H3. The van der Waals surface area contributed by atoms with Crippen molar-refractivity contribution in [3.63, 3.8) is 0 Å². The normalized spacial score (nSPS) is 24.3. The molecule has 8 heteroatoms. The number of benzene rings is 2. The van der Waals surface area contributed by atoms with Gasteiger partial charge in [-0.25, -0.2) is 4.98 Å². The van der Waals surface area contributed by atoms with Crippen molar-refractivity contribution in [3.05, 3.63) is 64.4 Å². The molecule has 1 aliphatic carbocycles. The maximum Gasteiger partial charge on any atom is 0.296 e. The molecule has 0 N–H and O–H groups in total. The van der Waals surface area contributed by atoms with E-state index in [1.165, 1.54) is 11.3 Å². The van der Waals surface area contributed by atoms with Crippen molar-refractivity contribution in [3.8, 4) is 5.75 Å². The third-order valence-corrected chi connectivity index (χ3v) is 8.08. The van der Waals surface area contributed by atoms with E-state index in [1.807, 2.05) is 37.3 Å². The largest absolute Gasteiger partial charge is 0.494 e. The van der Waals surface area contributed by atoms with Crippen LogP contribution in [0.4, 0.5) is 5.13 Å². The number of Topliss-reactive ketones (excluding diaryl/α,β-unsaturated/α-hetero) is 1. The van der Waals surface area contributed by atoms with Gasteiger partial charge in [0.15, 0.2) is 16.7 Å². The minimum Gasteiger partial charge on any atom is -0.494 e. The van der Waals surface area contributed by atoms with E-state index >= 15 is 0 Å². The van der Waals surface area contributed by atoms with Crippen molar-refractivity contribution in [2.75, 3.05) is 11.5 Å². The molecule has 6 nitrogen and oxygen atoms in total. The first-order chi connectivity index (χ1) is 16.5. The summed E-state index contributed by atoms with van der Waals surface area (Å²) in [5, 5.41) is 1.12. The lowest BCUT2D eigenvalue weighted by Gasteiger charge is -2.35. The first kappa shape index (κ1) is 21.6. The zero-order valence-corrected chi connectivity index (χ0v) is 20.2. The molecule has 3 aromatic rings. The van der Waals surface area contributed by atoms with Crippen LogP contribution in [0, 0.1) is 5.92 Å². The van der Waals surface area contributed by atoms with Crippen LogP contribution in [0.1, 0.15) is 44.2 Å². The average molecular weight is 495 g/mol. The molecular formula is C26H23ClN2O4S. The first-order valence-corrected chi connectivity index (χ1v) is 12.8. The third-order valence-electron chi connectivity index (χ3n) is 6.81. The van der Waals surface area contributed by atoms with Gasteiger partial charge in [0.25, 0.3) is 5.91 Å². The number of halogens is 1. The number of aromatic nitrogens is 1. The van der Waals surface area contributed by atoms with Gasteiger partial charge >= 0.3 is 0 Å². The summed E-state index contributed by atoms with van der Waals surface area (Å²) in [7, 11) is 0. The van der Waals surface area contributed by atoms with Gasteiger partial charge in [-0.3, -0.25) is 14.5 Å². The maximum absolute atomic E-state index is 13.8. The maximum atomic E-state index is 13.8. The number of anilines is 1. The molecule has 2 aliphatic heterocycles. The van der Waals surface area contributed by atoms with Crippen LogP contribution in [0.25, 0.3) is 10.2 Å². The van der Waals surface area contributed by atoms with Crippen LogP contribution in [0.5, 0.6) is 5.75 Å². The minimum absolute atomic E-state index is 0.0292. The van der Waals surface area contributed by atoms with Gasteiger partial charge in [0.1, 0.15) is 11.9 Å². The van der Waals surface area contributed by atoms with Crippen LogP contribution in [0.2, 0.25) is 5.02 Å². The number of rotatable bonds is 4. The Morgan fingerprint density at radius 3 is 2.74 bits per heavy atom. The van der Waals surface area contributed by atoms with Gasteiger partial charge in [-0.05, 0) is 62.1 Å². The Bertz CT molecular complexity index is 1330. The molecule has 1 fully saturated rings. The van der Waals surface area contributed by atoms with Gasteiger partial charge in [0.2, 0.25) is 0 Å². The van der Waals surface area contributed by atoms with Crippen molar-refractivity contribution in [2.24, 2.45) is 5.92 Å². The summed E-state index contributed by atoms with van der Waals surface area (Å²) in [6.07, 6.45) is 3.38. The number of ketones is 1. The van der Waals surface area contributed by atoms with E-state index in [0.29, 0.717) is 22.3 Å². The molecule has 3 heterocycles. The van der Waals surface area contributed by atoms with E-state index in [2.05, 4.69) is 0 Å². The highest BCUT2D eigenvalue weighted by atomic mass is 35.5. The van der Waals surface area contributed by atoms with Gasteiger partial charge in [-0.2, -0.15) is 0 Å². The van der Waals surface area contributed by atoms with Crippen molar-refractivity contribution in [2.45, 2.75) is 44.8 Å². The summed E-state index contributed by atoms with van der Waals surface area (Å²) < 4.78 is 12.8. The van der Waals surface area contributed by atoms with Gasteiger partial charge in [0.05, 0.1) is 34.4 Å². The lowest BCUT2D eigenvalue weighted by atomic mass is 9.77. The van der Waals surface area contributed by atoms with Crippen LogP contribution in [-0.4, -0.2) is 29.4 Å². The molecule has 174 valence electrons. The summed E-state index contributed by atoms with van der Waals surface area (Å²) in [5.74, 6) is 0.464. The Kier molecular flexibility index (Phi) is 5.34. The van der Waals surface area contributed by atoms with Gasteiger partial charge < -0.3 is 9.47 Å². The number of amides is 1. The van der Waals surface area contributed by atoms with Crippen molar-refractivity contribution in [1.29, 1.82) is 0 Å². The number of carbonyl (C=O) groups excluding carboxylic acids is 2. The monoisotopic (exact) mass is 494 g/mol. The second kappa shape index (κ2) is 8.40. The number of fused-ring (bicyclic) bond motifs is 2. The molecule has 3 atom stereocenters. The zero-order valence-electron chi connectivity index (χ0n) is 18.6. The Hall–Kier alpha value is -2.90. The molecule has 6 rings (SSSR count). The van der Waals surface area contributed by atoms with E-state index in [9.17, 15) is 9.59 Å². The lowest BCUT2D eigenvalue weighted by Crippen LogP contribution is -2.39. The van der Waals surface area contributed by atoms with E-state index in [4.69, 9.17) is 26.1 Å². The minimum atomic E-state index is -0.595. The summed E-state index contributed by atoms with van der Waals surface area (Å²) in [5.41, 5.74) is 2.03. The molecule has 3 unspecified atom stereocenters. The highest BCUT2D eigenvalue weighted by molar-refractivity contribution is 7.22. The number of thiazole rings is 1. The van der Waals surface area contributed by atoms with E-state index in [1.54, 1.807) is 17.0 Å². The molecule has 0 saturated heterocycles. The predicted molar refractivity (Wildman–Crippen MR) is 131 cm³/mol. The second-order valence-electron chi connectivity index (χ2n) is 8.84. The number of hydrogen-bond acceptors (Lipinski definition) is 6. The third kappa shape index (κ3) is 3.41. The highest BCUT2D eigenvalue weighted by Gasteiger charge is 2.53. The summed E-state index contributed by atoms with van der Waals surface area (Å²) >= 11 is 7.55. The lowest BCUT2D eigenvalue weighted by molar-refractivity contribution is -0.131. The Balaban J connectivity index is 1.48. The number of hydrogen-bond donors (Lipinski definition) is 0. The Labute approximate surface area is 206 Å². The van der Waals surface area contributed by atoms with Crippen molar-refractivity contribution < 1.29 is 19.1 Å². The van der Waals surface area contributed by atoms with Crippen LogP contribution in [0.3, 0.4) is 0 Å². The fourth-order valence-electron chi connectivity index (χ4n) is 5.26. The fourth-order valence-corrected chi connectivity index (χ4v) is 6.40. The molecule has 1 aromatic heterocycles. The van der Waals surface area contributed by atoms with Crippen LogP contribution in [0.15, 0.2) is 53.8 Å². The smallest absolute Gasteiger partial charge is 0.296 e. The summed E-state index contributed by atoms with van der Waals surface area (Å²) in [6, 6.07) is 12.4. The summed E-state index contributed by atoms with van der Waals surface area (Å²) in [4.78, 5) is 33.9. The number of carbonyl (C=O) groups is 2. The molecule has 1 saturated carbocycles. The molecular weight excluding hydrogens is 472 g/mol. The van der Waals surface area contributed by atoms with Crippen molar-refractivity contribution in [1.82, 2.24) is 4.98 Å². The average Bonchev–Trinajstić information content (AvgIpc) is 3.38. The SMILES string of the molecule is CCOc1ccc2nc(N3C(=O)C4=C(C(=O)C5CCCCC5O4)C3c3ccc(Cl)cc3)sc2c1. The molecule has 0 bridgehead atoms. The van der Waals surface area contributed by atoms with Gasteiger partial charge in [0, 0.05) is 5.02 Å². The van der Waals surface area contributed by atoms with E-state index in [-0.39, 0.29) is 29.5 Å². The number of ether oxygens (including phenoxy) is 2. The zero-order chi connectivity index (χ0) is 23.4. The van der Waals surface area contributed by atoms with Gasteiger partial charge in [-0.15, -0.1) is 0 Å². The second-order valence-corrected chi connectivity index (χ2v) is 10.3. The molecule has 3 aliphatic rings. The predicted octanol–water partition coefficient (Wildman–Crippen LogP) is 5.85. The molecule has 1 amide bonds. The molecule has 2 aromatic carbocycles. The Morgan fingerprint density at radius 1 is 1.15 bits per heavy atom. The number of nitrogens with zero attached hydrogens (tertiary/aromatic N) is 2. The topological polar surface area (TPSA) is 68.7 Å². The molecule has 0 radical (unpaired) electrons. The van der Waals surface area contributed by atoms with Crippen LogP contribution >= 0.6 is 22.9 Å². The summed E-state index contributed by atoms with van der Waals surface area (Å²) in [6.45, 7) is 2.51. The van der Waals surface area contributed by atoms with E-state index in [0.717, 1.165) is 47.2 Å². The molecule has 0 spiro atoms. The van der Waals surface area contributed by atoms with Crippen molar-refractivity contribution >= 4 is 50.0 Å². The van der Waals surface area contributed by atoms with E-state index < -0.39 is 6.04 Å². The highest BCUT2D eigenvalue weighted by Crippen LogP contribution is 2.49. The quantitative estimate of drug-likeness (QED) is 0.455. The molecule has 34 heavy (non-hydrogen) atoms.